The van der Waals surface area contributed by atoms with Gasteiger partial charge in [0.05, 0.1) is 17.6 Å². The van der Waals surface area contributed by atoms with Crippen molar-refractivity contribution in [2.24, 2.45) is 0 Å². The van der Waals surface area contributed by atoms with Crippen LogP contribution < -0.4 is 0 Å². The van der Waals surface area contributed by atoms with Crippen LogP contribution in [0.3, 0.4) is 0 Å². The van der Waals surface area contributed by atoms with E-state index < -0.39 is 0 Å². The van der Waals surface area contributed by atoms with Gasteiger partial charge in [-0.25, -0.2) is 4.68 Å². The van der Waals surface area contributed by atoms with E-state index >= 15 is 0 Å². The number of nitrogens with zero attached hydrogens (tertiary/aromatic N) is 4. The molecule has 0 fully saturated rings. The van der Waals surface area contributed by atoms with Crippen molar-refractivity contribution in [3.05, 3.63) is 60.4 Å². The molecule has 0 aliphatic carbocycles. The van der Waals surface area contributed by atoms with Crippen molar-refractivity contribution in [2.45, 2.75) is 13.8 Å². The Morgan fingerprint density at radius 2 is 1.95 bits per heavy atom. The summed E-state index contributed by atoms with van der Waals surface area (Å²) in [5, 5.41) is 4.53. The fourth-order valence-corrected chi connectivity index (χ4v) is 1.99. The quantitative estimate of drug-likeness (QED) is 0.702. The highest BCUT2D eigenvalue weighted by atomic mass is 15.3. The maximum atomic E-state index is 4.53. The third-order valence-electron chi connectivity index (χ3n) is 3.03. The van der Waals surface area contributed by atoms with E-state index in [4.69, 9.17) is 0 Å². The average molecular weight is 250 g/mol. The van der Waals surface area contributed by atoms with E-state index in [1.54, 1.807) is 12.4 Å². The molecule has 0 unspecified atom stereocenters. The Kier molecular flexibility index (Phi) is 2.83. The van der Waals surface area contributed by atoms with Gasteiger partial charge in [0.1, 0.15) is 0 Å². The molecule has 4 nitrogen and oxygen atoms in total. The fraction of sp³-hybridized carbons (Fsp3) is 0.133. The van der Waals surface area contributed by atoms with E-state index in [-0.39, 0.29) is 0 Å². The van der Waals surface area contributed by atoms with Crippen LogP contribution in [0.25, 0.3) is 16.8 Å². The van der Waals surface area contributed by atoms with E-state index in [0.29, 0.717) is 0 Å². The molecule has 94 valence electrons. The molecule has 0 radical (unpaired) electrons. The predicted octanol–water partition coefficient (Wildman–Crippen LogP) is 2.95. The van der Waals surface area contributed by atoms with Gasteiger partial charge >= 0.3 is 0 Å². The van der Waals surface area contributed by atoms with Gasteiger partial charge in [-0.3, -0.25) is 9.97 Å². The first kappa shape index (κ1) is 11.6. The largest absolute Gasteiger partial charge is 0.262 e. The molecular weight excluding hydrogens is 236 g/mol. The second-order valence-corrected chi connectivity index (χ2v) is 4.47. The van der Waals surface area contributed by atoms with Gasteiger partial charge < -0.3 is 0 Å². The number of aromatic nitrogens is 4. The summed E-state index contributed by atoms with van der Waals surface area (Å²) in [6, 6.07) is 7.96. The third-order valence-corrected chi connectivity index (χ3v) is 3.03. The van der Waals surface area contributed by atoms with Gasteiger partial charge in [-0.2, -0.15) is 5.10 Å². The molecule has 0 bridgehead atoms. The van der Waals surface area contributed by atoms with Crippen LogP contribution in [-0.2, 0) is 0 Å². The molecule has 3 heterocycles. The molecule has 19 heavy (non-hydrogen) atoms. The smallest absolute Gasteiger partial charge is 0.0829 e. The summed E-state index contributed by atoms with van der Waals surface area (Å²) in [5.41, 5.74) is 5.13. The highest BCUT2D eigenvalue weighted by molar-refractivity contribution is 5.64. The summed E-state index contributed by atoms with van der Waals surface area (Å²) in [6.45, 7) is 3.98. The second kappa shape index (κ2) is 4.65. The Morgan fingerprint density at radius 3 is 2.63 bits per heavy atom. The van der Waals surface area contributed by atoms with Crippen LogP contribution >= 0.6 is 0 Å². The van der Waals surface area contributed by atoms with Crippen molar-refractivity contribution in [3.8, 4) is 16.8 Å². The molecule has 3 aromatic rings. The first-order chi connectivity index (χ1) is 9.24. The van der Waals surface area contributed by atoms with E-state index in [1.165, 1.54) is 0 Å². The minimum absolute atomic E-state index is 0.955. The Labute approximate surface area is 111 Å². The molecule has 0 atom stereocenters. The lowest BCUT2D eigenvalue weighted by molar-refractivity contribution is 0.857. The lowest BCUT2D eigenvalue weighted by atomic mass is 10.1. The summed E-state index contributed by atoms with van der Waals surface area (Å²) in [5.74, 6) is 0. The number of pyridine rings is 2. The van der Waals surface area contributed by atoms with Gasteiger partial charge in [0.15, 0.2) is 0 Å². The van der Waals surface area contributed by atoms with Crippen molar-refractivity contribution in [1.29, 1.82) is 0 Å². The monoisotopic (exact) mass is 250 g/mol. The summed E-state index contributed by atoms with van der Waals surface area (Å²) in [7, 11) is 0. The first-order valence-electron chi connectivity index (χ1n) is 6.14. The summed E-state index contributed by atoms with van der Waals surface area (Å²) >= 11 is 0. The van der Waals surface area contributed by atoms with Gasteiger partial charge in [-0.05, 0) is 32.0 Å². The Bertz CT molecular complexity index is 684. The highest BCUT2D eigenvalue weighted by Crippen LogP contribution is 2.23. The number of rotatable bonds is 2. The molecule has 3 rings (SSSR count). The highest BCUT2D eigenvalue weighted by Gasteiger charge is 2.08. The van der Waals surface area contributed by atoms with Gasteiger partial charge in [0, 0.05) is 35.4 Å². The topological polar surface area (TPSA) is 43.6 Å². The summed E-state index contributed by atoms with van der Waals surface area (Å²) < 4.78 is 1.84. The van der Waals surface area contributed by atoms with Crippen LogP contribution in [0.2, 0.25) is 0 Å². The third kappa shape index (κ3) is 2.25. The van der Waals surface area contributed by atoms with Gasteiger partial charge in [0.25, 0.3) is 0 Å². The molecule has 0 N–H and O–H groups in total. The molecule has 0 saturated carbocycles. The van der Waals surface area contributed by atoms with Crippen molar-refractivity contribution in [2.75, 3.05) is 0 Å². The molecule has 0 spiro atoms. The van der Waals surface area contributed by atoms with Crippen LogP contribution in [0.15, 0.2) is 49.1 Å². The normalized spacial score (nSPS) is 10.6. The predicted molar refractivity (Wildman–Crippen MR) is 74.1 cm³/mol. The molecule has 0 aliphatic rings. The van der Waals surface area contributed by atoms with Crippen LogP contribution in [0.1, 0.15) is 11.4 Å². The minimum Gasteiger partial charge on any atom is -0.262 e. The Hall–Kier alpha value is -2.49. The number of hydrogen-bond donors (Lipinski definition) is 0. The second-order valence-electron chi connectivity index (χ2n) is 4.47. The molecule has 0 aliphatic heterocycles. The van der Waals surface area contributed by atoms with Crippen LogP contribution in [-0.4, -0.2) is 19.7 Å². The van der Waals surface area contributed by atoms with E-state index in [0.717, 1.165) is 28.2 Å². The maximum absolute atomic E-state index is 4.53. The average Bonchev–Trinajstić information content (AvgIpc) is 2.83. The number of aryl methyl sites for hydroxylation is 2. The lowest BCUT2D eigenvalue weighted by Gasteiger charge is -1.99. The van der Waals surface area contributed by atoms with E-state index in [9.17, 15) is 0 Å². The molecule has 0 saturated heterocycles. The van der Waals surface area contributed by atoms with E-state index in [1.807, 2.05) is 49.1 Å². The molecule has 0 amide bonds. The van der Waals surface area contributed by atoms with Crippen molar-refractivity contribution >= 4 is 0 Å². The first-order valence-corrected chi connectivity index (χ1v) is 6.14. The van der Waals surface area contributed by atoms with Crippen LogP contribution in [0.5, 0.6) is 0 Å². The fourth-order valence-electron chi connectivity index (χ4n) is 1.99. The number of hydrogen-bond acceptors (Lipinski definition) is 3. The maximum Gasteiger partial charge on any atom is 0.0829 e. The Balaban J connectivity index is 2.05. The zero-order chi connectivity index (χ0) is 13.2. The van der Waals surface area contributed by atoms with E-state index in [2.05, 4.69) is 21.1 Å². The standard InChI is InChI=1S/C15H14N4/c1-11-5-6-13(8-17-11)15-10-19(18-12(15)2)14-4-3-7-16-9-14/h3-10H,1-2H3. The zero-order valence-corrected chi connectivity index (χ0v) is 10.9. The van der Waals surface area contributed by atoms with Crippen LogP contribution in [0, 0.1) is 13.8 Å². The van der Waals surface area contributed by atoms with Gasteiger partial charge in [-0.15, -0.1) is 0 Å². The van der Waals surface area contributed by atoms with Crippen LogP contribution in [0.4, 0.5) is 0 Å². The molecule has 0 aromatic carbocycles. The van der Waals surface area contributed by atoms with Crippen molar-refractivity contribution < 1.29 is 0 Å². The molecule has 3 aromatic heterocycles. The summed E-state index contributed by atoms with van der Waals surface area (Å²) in [4.78, 5) is 8.44. The zero-order valence-electron chi connectivity index (χ0n) is 10.9. The lowest BCUT2D eigenvalue weighted by Crippen LogP contribution is -1.94. The van der Waals surface area contributed by atoms with Crippen molar-refractivity contribution in [1.82, 2.24) is 19.7 Å². The minimum atomic E-state index is 0.955. The SMILES string of the molecule is Cc1ccc(-c2cn(-c3cccnc3)nc2C)cn1. The van der Waals surface area contributed by atoms with Crippen molar-refractivity contribution in [3.63, 3.8) is 0 Å². The van der Waals surface area contributed by atoms with Gasteiger partial charge in [0.2, 0.25) is 0 Å². The summed E-state index contributed by atoms with van der Waals surface area (Å²) in [6.07, 6.45) is 7.44. The molecular formula is C15H14N4. The molecule has 4 heteroatoms. The van der Waals surface area contributed by atoms with Gasteiger partial charge in [-0.1, -0.05) is 6.07 Å². The Morgan fingerprint density at radius 1 is 1.05 bits per heavy atom.